The van der Waals surface area contributed by atoms with Gasteiger partial charge in [-0.2, -0.15) is 0 Å². The molecular formula is C20H23ClN4O2. The maximum Gasteiger partial charge on any atom is 0.326 e. The van der Waals surface area contributed by atoms with Crippen LogP contribution in [0.5, 0.6) is 0 Å². The smallest absolute Gasteiger partial charge is 0.326 e. The van der Waals surface area contributed by atoms with Gasteiger partial charge < -0.3 is 15.6 Å². The van der Waals surface area contributed by atoms with E-state index in [1.54, 1.807) is 0 Å². The molecule has 7 heteroatoms. The summed E-state index contributed by atoms with van der Waals surface area (Å²) in [6.07, 6.45) is 1.96. The minimum atomic E-state index is -0.0714. The number of benzene rings is 2. The first kappa shape index (κ1) is 19.0. The van der Waals surface area contributed by atoms with Crippen molar-refractivity contribution in [3.8, 4) is 0 Å². The van der Waals surface area contributed by atoms with E-state index >= 15 is 0 Å². The molecule has 2 aromatic carbocycles. The number of nitrogens with two attached hydrogens (primary N) is 1. The van der Waals surface area contributed by atoms with Gasteiger partial charge in [-0.25, -0.2) is 4.79 Å². The topological polar surface area (TPSA) is 84.1 Å². The number of para-hydroxylation sites is 2. The highest BCUT2D eigenvalue weighted by atomic mass is 35.5. The van der Waals surface area contributed by atoms with Crippen molar-refractivity contribution in [1.82, 2.24) is 14.5 Å². The summed E-state index contributed by atoms with van der Waals surface area (Å²) in [5, 5.41) is 0. The summed E-state index contributed by atoms with van der Waals surface area (Å²) in [5.74, 6) is 0.125. The highest BCUT2D eigenvalue weighted by molar-refractivity contribution is 5.85. The third kappa shape index (κ3) is 3.85. The molecule has 0 aliphatic carbocycles. The Kier molecular flexibility index (Phi) is 5.56. The third-order valence-electron chi connectivity index (χ3n) is 5.14. The number of nitrogen functional groups attached to an aromatic ring is 1. The predicted molar refractivity (Wildman–Crippen MR) is 109 cm³/mol. The second kappa shape index (κ2) is 7.88. The lowest BCUT2D eigenvalue weighted by molar-refractivity contribution is -0.131. The van der Waals surface area contributed by atoms with Crippen molar-refractivity contribution in [2.24, 2.45) is 0 Å². The van der Waals surface area contributed by atoms with E-state index in [9.17, 15) is 9.59 Å². The summed E-state index contributed by atoms with van der Waals surface area (Å²) in [6.45, 7) is 1.34. The first-order chi connectivity index (χ1) is 12.6. The van der Waals surface area contributed by atoms with E-state index in [2.05, 4.69) is 4.98 Å². The fourth-order valence-electron chi connectivity index (χ4n) is 3.73. The number of rotatable bonds is 3. The molecule has 0 bridgehead atoms. The second-order valence-electron chi connectivity index (χ2n) is 6.85. The zero-order chi connectivity index (χ0) is 18.1. The zero-order valence-corrected chi connectivity index (χ0v) is 15.7. The number of fused-ring (bicyclic) bond motifs is 1. The molecule has 1 aromatic heterocycles. The SMILES string of the molecule is Cl.Nc1ccc(CC(=O)N2CCC(n3c(=O)[nH]c4ccccc43)CC2)cc1. The Morgan fingerprint density at radius 2 is 1.74 bits per heavy atom. The number of imidazole rings is 1. The Balaban J connectivity index is 0.00000210. The fraction of sp³-hybridized carbons (Fsp3) is 0.300. The Morgan fingerprint density at radius 3 is 2.44 bits per heavy atom. The quantitative estimate of drug-likeness (QED) is 0.679. The molecule has 1 fully saturated rings. The van der Waals surface area contributed by atoms with Gasteiger partial charge in [-0.15, -0.1) is 12.4 Å². The van der Waals surface area contributed by atoms with E-state index in [4.69, 9.17) is 5.73 Å². The fourth-order valence-corrected chi connectivity index (χ4v) is 3.73. The Bertz CT molecular complexity index is 985. The molecule has 6 nitrogen and oxygen atoms in total. The molecule has 0 radical (unpaired) electrons. The number of aromatic nitrogens is 2. The molecule has 0 spiro atoms. The van der Waals surface area contributed by atoms with Gasteiger partial charge in [-0.3, -0.25) is 9.36 Å². The summed E-state index contributed by atoms with van der Waals surface area (Å²) in [6, 6.07) is 15.3. The highest BCUT2D eigenvalue weighted by Gasteiger charge is 2.25. The largest absolute Gasteiger partial charge is 0.399 e. The number of halogens is 1. The molecule has 0 atom stereocenters. The van der Waals surface area contributed by atoms with Crippen LogP contribution in [-0.2, 0) is 11.2 Å². The van der Waals surface area contributed by atoms with E-state index < -0.39 is 0 Å². The molecule has 27 heavy (non-hydrogen) atoms. The summed E-state index contributed by atoms with van der Waals surface area (Å²) >= 11 is 0. The van der Waals surface area contributed by atoms with Crippen LogP contribution in [0.4, 0.5) is 5.69 Å². The lowest BCUT2D eigenvalue weighted by atomic mass is 10.0. The van der Waals surface area contributed by atoms with Crippen LogP contribution in [-0.4, -0.2) is 33.4 Å². The number of amides is 1. The van der Waals surface area contributed by atoms with Crippen molar-refractivity contribution in [1.29, 1.82) is 0 Å². The standard InChI is InChI=1S/C20H22N4O2.ClH/c21-15-7-5-14(6-8-15)13-19(25)23-11-9-16(10-12-23)24-18-4-2-1-3-17(18)22-20(24)26;/h1-8,16H,9-13,21H2,(H,22,26);1H. The normalized spacial score (nSPS) is 14.9. The van der Waals surface area contributed by atoms with Crippen molar-refractivity contribution in [3.63, 3.8) is 0 Å². The van der Waals surface area contributed by atoms with E-state index in [1.165, 1.54) is 0 Å². The van der Waals surface area contributed by atoms with Crippen molar-refractivity contribution in [2.75, 3.05) is 18.8 Å². The lowest BCUT2D eigenvalue weighted by Crippen LogP contribution is -2.41. The number of aromatic amines is 1. The molecule has 0 saturated carbocycles. The summed E-state index contributed by atoms with van der Waals surface area (Å²) in [4.78, 5) is 29.7. The van der Waals surface area contributed by atoms with Crippen molar-refractivity contribution >= 4 is 35.0 Å². The molecule has 0 unspecified atom stereocenters. The number of hydrogen-bond donors (Lipinski definition) is 2. The maximum atomic E-state index is 12.5. The Morgan fingerprint density at radius 1 is 1.07 bits per heavy atom. The first-order valence-corrected chi connectivity index (χ1v) is 8.93. The van der Waals surface area contributed by atoms with E-state index in [1.807, 2.05) is 58.0 Å². The third-order valence-corrected chi connectivity index (χ3v) is 5.14. The monoisotopic (exact) mass is 386 g/mol. The number of likely N-dealkylation sites (tertiary alicyclic amines) is 1. The van der Waals surface area contributed by atoms with E-state index in [0.717, 1.165) is 29.4 Å². The maximum absolute atomic E-state index is 12.5. The van der Waals surface area contributed by atoms with Gasteiger partial charge in [-0.1, -0.05) is 24.3 Å². The number of carbonyl (C=O) groups excluding carboxylic acids is 1. The van der Waals surface area contributed by atoms with Gasteiger partial charge in [0, 0.05) is 24.8 Å². The van der Waals surface area contributed by atoms with Crippen LogP contribution in [0.1, 0.15) is 24.4 Å². The molecule has 3 N–H and O–H groups in total. The van der Waals surface area contributed by atoms with Gasteiger partial charge in [0.25, 0.3) is 0 Å². The molecule has 1 amide bonds. The molecule has 2 heterocycles. The van der Waals surface area contributed by atoms with Crippen molar-refractivity contribution < 1.29 is 4.79 Å². The molecule has 3 aromatic rings. The van der Waals surface area contributed by atoms with Crippen LogP contribution >= 0.6 is 12.4 Å². The zero-order valence-electron chi connectivity index (χ0n) is 14.9. The number of hydrogen-bond acceptors (Lipinski definition) is 3. The summed E-state index contributed by atoms with van der Waals surface area (Å²) < 4.78 is 1.84. The van der Waals surface area contributed by atoms with E-state index in [-0.39, 0.29) is 30.0 Å². The van der Waals surface area contributed by atoms with Crippen LogP contribution in [0.3, 0.4) is 0 Å². The molecule has 142 valence electrons. The average molecular weight is 387 g/mol. The number of nitrogens with one attached hydrogen (secondary N) is 1. The molecule has 1 saturated heterocycles. The number of piperidine rings is 1. The molecule has 1 aliphatic heterocycles. The predicted octanol–water partition coefficient (Wildman–Crippen LogP) is 2.74. The summed E-state index contributed by atoms with van der Waals surface area (Å²) in [7, 11) is 0. The molecular weight excluding hydrogens is 364 g/mol. The van der Waals surface area contributed by atoms with Crippen LogP contribution < -0.4 is 11.4 Å². The first-order valence-electron chi connectivity index (χ1n) is 8.93. The minimum absolute atomic E-state index is 0. The number of carbonyl (C=O) groups is 1. The highest BCUT2D eigenvalue weighted by Crippen LogP contribution is 2.25. The number of nitrogens with zero attached hydrogens (tertiary/aromatic N) is 2. The molecule has 1 aliphatic rings. The van der Waals surface area contributed by atoms with E-state index in [0.29, 0.717) is 25.2 Å². The van der Waals surface area contributed by atoms with Crippen LogP contribution in [0.15, 0.2) is 53.3 Å². The van der Waals surface area contributed by atoms with Crippen LogP contribution in [0.25, 0.3) is 11.0 Å². The van der Waals surface area contributed by atoms with Crippen LogP contribution in [0, 0.1) is 0 Å². The second-order valence-corrected chi connectivity index (χ2v) is 6.85. The number of anilines is 1. The minimum Gasteiger partial charge on any atom is -0.399 e. The summed E-state index contributed by atoms with van der Waals surface area (Å²) in [5.41, 5.74) is 9.08. The lowest BCUT2D eigenvalue weighted by Gasteiger charge is -2.32. The average Bonchev–Trinajstić information content (AvgIpc) is 2.99. The Labute approximate surface area is 163 Å². The van der Waals surface area contributed by atoms with Crippen molar-refractivity contribution in [3.05, 3.63) is 64.6 Å². The van der Waals surface area contributed by atoms with Crippen LogP contribution in [0.2, 0.25) is 0 Å². The van der Waals surface area contributed by atoms with Gasteiger partial charge in [0.2, 0.25) is 5.91 Å². The molecule has 4 rings (SSSR count). The van der Waals surface area contributed by atoms with Crippen molar-refractivity contribution in [2.45, 2.75) is 25.3 Å². The van der Waals surface area contributed by atoms with Gasteiger partial charge in [0.15, 0.2) is 0 Å². The number of H-pyrrole nitrogens is 1. The van der Waals surface area contributed by atoms with Gasteiger partial charge in [-0.05, 0) is 42.7 Å². The van der Waals surface area contributed by atoms with Gasteiger partial charge >= 0.3 is 5.69 Å². The van der Waals surface area contributed by atoms with Gasteiger partial charge in [0.05, 0.1) is 17.5 Å². The Hall–Kier alpha value is -2.73. The van der Waals surface area contributed by atoms with Gasteiger partial charge in [0.1, 0.15) is 0 Å².